The summed E-state index contributed by atoms with van der Waals surface area (Å²) in [6.45, 7) is 1.87. The van der Waals surface area contributed by atoms with Crippen LogP contribution in [-0.4, -0.2) is 15.1 Å². The van der Waals surface area contributed by atoms with Gasteiger partial charge in [0.2, 0.25) is 0 Å². The van der Waals surface area contributed by atoms with Crippen LogP contribution >= 0.6 is 34.7 Å². The van der Waals surface area contributed by atoms with Crippen molar-refractivity contribution >= 4 is 39.8 Å². The Bertz CT molecular complexity index is 771. The first-order valence-electron chi connectivity index (χ1n) is 6.06. The molecule has 2 N–H and O–H groups in total. The Kier molecular flexibility index (Phi) is 4.14. The highest BCUT2D eigenvalue weighted by atomic mass is 35.5. The summed E-state index contributed by atoms with van der Waals surface area (Å²) >= 11 is 8.89. The van der Waals surface area contributed by atoms with E-state index < -0.39 is 0 Å². The Morgan fingerprint density at radius 1 is 1.38 bits per heavy atom. The van der Waals surface area contributed by atoms with E-state index in [4.69, 9.17) is 21.9 Å². The number of rotatable bonds is 4. The first-order valence-corrected chi connectivity index (χ1v) is 8.24. The number of hydrogen-bond donors (Lipinski definition) is 1. The number of nitrogens with zero attached hydrogens (tertiary/aromatic N) is 3. The van der Waals surface area contributed by atoms with Crippen LogP contribution in [0.5, 0.6) is 0 Å². The number of anilines is 1. The first-order chi connectivity index (χ1) is 10.1. The fourth-order valence-electron chi connectivity index (χ4n) is 1.73. The molecule has 3 aromatic rings. The van der Waals surface area contributed by atoms with Crippen LogP contribution in [0.1, 0.15) is 11.5 Å². The van der Waals surface area contributed by atoms with Crippen molar-refractivity contribution in [1.82, 2.24) is 15.1 Å². The average molecular weight is 339 g/mol. The lowest BCUT2D eigenvalue weighted by molar-refractivity contribution is 0.425. The molecule has 0 bridgehead atoms. The van der Waals surface area contributed by atoms with E-state index >= 15 is 0 Å². The predicted molar refractivity (Wildman–Crippen MR) is 85.6 cm³/mol. The lowest BCUT2D eigenvalue weighted by Crippen LogP contribution is -1.84. The summed E-state index contributed by atoms with van der Waals surface area (Å²) < 4.78 is 5.27. The van der Waals surface area contributed by atoms with Crippen LogP contribution < -0.4 is 5.73 Å². The number of thiazole rings is 1. The molecular formula is C13H11ClN4OS2. The number of halogens is 1. The maximum absolute atomic E-state index is 5.95. The van der Waals surface area contributed by atoms with E-state index in [1.165, 1.54) is 11.3 Å². The molecule has 0 spiro atoms. The van der Waals surface area contributed by atoms with Gasteiger partial charge < -0.3 is 10.3 Å². The van der Waals surface area contributed by atoms with Gasteiger partial charge in [0.25, 0.3) is 5.89 Å². The summed E-state index contributed by atoms with van der Waals surface area (Å²) in [5.74, 6) is 1.70. The minimum atomic E-state index is 0.461. The van der Waals surface area contributed by atoms with Crippen LogP contribution in [0.2, 0.25) is 5.02 Å². The van der Waals surface area contributed by atoms with E-state index in [1.54, 1.807) is 11.8 Å². The van der Waals surface area contributed by atoms with Crippen molar-refractivity contribution in [2.24, 2.45) is 0 Å². The lowest BCUT2D eigenvalue weighted by Gasteiger charge is -1.98. The zero-order valence-electron chi connectivity index (χ0n) is 11.0. The molecule has 0 aliphatic heterocycles. The molecule has 0 unspecified atom stereocenters. The smallest absolute Gasteiger partial charge is 0.270 e. The largest absolute Gasteiger partial charge is 0.375 e. The van der Waals surface area contributed by atoms with Crippen molar-refractivity contribution in [2.45, 2.75) is 17.6 Å². The predicted octanol–water partition coefficient (Wildman–Crippen LogP) is 4.03. The highest BCUT2D eigenvalue weighted by molar-refractivity contribution is 7.98. The van der Waals surface area contributed by atoms with Crippen molar-refractivity contribution in [2.75, 3.05) is 5.73 Å². The number of nitrogen functional groups attached to an aromatic ring is 1. The number of nitrogens with two attached hydrogens (primary N) is 1. The molecule has 5 nitrogen and oxygen atoms in total. The quantitative estimate of drug-likeness (QED) is 0.723. The Balaban J connectivity index is 1.72. The van der Waals surface area contributed by atoms with E-state index in [-0.39, 0.29) is 0 Å². The number of aryl methyl sites for hydroxylation is 1. The zero-order valence-corrected chi connectivity index (χ0v) is 13.4. The highest BCUT2D eigenvalue weighted by Crippen LogP contribution is 2.31. The van der Waals surface area contributed by atoms with Gasteiger partial charge in [0, 0.05) is 9.92 Å². The summed E-state index contributed by atoms with van der Waals surface area (Å²) in [5, 5.41) is 5.19. The molecule has 108 valence electrons. The van der Waals surface area contributed by atoms with Gasteiger partial charge in [0.15, 0.2) is 11.0 Å². The van der Waals surface area contributed by atoms with Gasteiger partial charge in [-0.05, 0) is 25.1 Å². The third kappa shape index (κ3) is 3.37. The molecule has 0 amide bonds. The van der Waals surface area contributed by atoms with Crippen molar-refractivity contribution in [3.05, 3.63) is 40.8 Å². The average Bonchev–Trinajstić information content (AvgIpc) is 3.03. The summed E-state index contributed by atoms with van der Waals surface area (Å²) in [7, 11) is 0. The van der Waals surface area contributed by atoms with E-state index in [9.17, 15) is 0 Å². The van der Waals surface area contributed by atoms with Crippen LogP contribution in [0.15, 0.2) is 33.7 Å². The Labute approximate surface area is 134 Å². The first kappa shape index (κ1) is 14.4. The van der Waals surface area contributed by atoms with Crippen molar-refractivity contribution in [3.63, 3.8) is 0 Å². The van der Waals surface area contributed by atoms with Gasteiger partial charge in [-0.15, -0.1) is 11.8 Å². The van der Waals surface area contributed by atoms with Gasteiger partial charge in [-0.3, -0.25) is 0 Å². The minimum absolute atomic E-state index is 0.461. The molecule has 0 aliphatic rings. The van der Waals surface area contributed by atoms with Crippen LogP contribution in [-0.2, 0) is 5.75 Å². The van der Waals surface area contributed by atoms with Crippen LogP contribution in [0.3, 0.4) is 0 Å². The normalized spacial score (nSPS) is 11.0. The van der Waals surface area contributed by atoms with Gasteiger partial charge in [0.1, 0.15) is 4.88 Å². The molecule has 1 aromatic carbocycles. The van der Waals surface area contributed by atoms with Crippen LogP contribution in [0.4, 0.5) is 5.13 Å². The third-order valence-electron chi connectivity index (χ3n) is 2.64. The Morgan fingerprint density at radius 3 is 2.95 bits per heavy atom. The van der Waals surface area contributed by atoms with E-state index in [2.05, 4.69) is 15.1 Å². The SMILES string of the molecule is Cc1nc(N)sc1-c1nc(CSc2cccc(Cl)c2)no1. The second-order valence-corrected chi connectivity index (χ2v) is 6.74. The molecule has 0 radical (unpaired) electrons. The van der Waals surface area contributed by atoms with Crippen LogP contribution in [0.25, 0.3) is 10.8 Å². The number of aromatic nitrogens is 3. The maximum Gasteiger partial charge on any atom is 0.270 e. The molecule has 2 heterocycles. The minimum Gasteiger partial charge on any atom is -0.375 e. The molecule has 0 aliphatic carbocycles. The summed E-state index contributed by atoms with van der Waals surface area (Å²) in [6.07, 6.45) is 0. The Morgan fingerprint density at radius 2 is 2.24 bits per heavy atom. The summed E-state index contributed by atoms with van der Waals surface area (Å²) in [6, 6.07) is 7.65. The van der Waals surface area contributed by atoms with Crippen LogP contribution in [0, 0.1) is 6.92 Å². The molecule has 0 saturated carbocycles. The molecule has 0 atom stereocenters. The van der Waals surface area contributed by atoms with Gasteiger partial charge in [-0.2, -0.15) is 4.98 Å². The molecular weight excluding hydrogens is 328 g/mol. The highest BCUT2D eigenvalue weighted by Gasteiger charge is 2.15. The van der Waals surface area contributed by atoms with E-state index in [1.807, 2.05) is 31.2 Å². The fourth-order valence-corrected chi connectivity index (χ4v) is 3.53. The second-order valence-electron chi connectivity index (χ2n) is 4.23. The molecule has 0 fully saturated rings. The molecule has 21 heavy (non-hydrogen) atoms. The van der Waals surface area contributed by atoms with Crippen molar-refractivity contribution in [1.29, 1.82) is 0 Å². The molecule has 0 saturated heterocycles. The van der Waals surface area contributed by atoms with Crippen molar-refractivity contribution in [3.8, 4) is 10.8 Å². The third-order valence-corrected chi connectivity index (χ3v) is 4.84. The fraction of sp³-hybridized carbons (Fsp3) is 0.154. The van der Waals surface area contributed by atoms with Gasteiger partial charge in [0.05, 0.1) is 11.4 Å². The standard InChI is InChI=1S/C13H11ClN4OS2/c1-7-11(21-13(15)16-7)12-17-10(18-19-12)6-20-9-4-2-3-8(14)5-9/h2-5H,6H2,1H3,(H2,15,16). The van der Waals surface area contributed by atoms with Crippen molar-refractivity contribution < 1.29 is 4.52 Å². The summed E-state index contributed by atoms with van der Waals surface area (Å²) in [4.78, 5) is 10.4. The van der Waals surface area contributed by atoms with E-state index in [0.717, 1.165) is 15.5 Å². The van der Waals surface area contributed by atoms with E-state index in [0.29, 0.717) is 27.6 Å². The maximum atomic E-state index is 5.95. The second kappa shape index (κ2) is 6.05. The number of hydrogen-bond acceptors (Lipinski definition) is 7. The number of benzene rings is 1. The topological polar surface area (TPSA) is 77.8 Å². The number of thioether (sulfide) groups is 1. The molecule has 8 heteroatoms. The molecule has 3 rings (SSSR count). The molecule has 2 aromatic heterocycles. The Hall–Kier alpha value is -1.57. The van der Waals surface area contributed by atoms with Gasteiger partial charge in [-0.25, -0.2) is 4.98 Å². The van der Waals surface area contributed by atoms with Gasteiger partial charge in [-0.1, -0.05) is 34.2 Å². The van der Waals surface area contributed by atoms with Gasteiger partial charge >= 0.3 is 0 Å². The lowest BCUT2D eigenvalue weighted by atomic mass is 10.4. The zero-order chi connectivity index (χ0) is 14.8. The monoisotopic (exact) mass is 338 g/mol. The summed E-state index contributed by atoms with van der Waals surface area (Å²) in [5.41, 5.74) is 6.47.